The van der Waals surface area contributed by atoms with Crippen LogP contribution in [0.4, 0.5) is 0 Å². The molecule has 1 amide bonds. The number of carbonyl (C=O) groups excluding carboxylic acids is 1. The molecule has 0 spiro atoms. The van der Waals surface area contributed by atoms with E-state index in [1.54, 1.807) is 7.05 Å². The Labute approximate surface area is 145 Å². The molecule has 1 aliphatic rings. The summed E-state index contributed by atoms with van der Waals surface area (Å²) in [4.78, 5) is 11.4. The number of nitrogens with two attached hydrogens (primary N) is 1. The van der Waals surface area contributed by atoms with Gasteiger partial charge in [-0.1, -0.05) is 15.9 Å². The fraction of sp³-hybridized carbons (Fsp3) is 0.462. The average molecular weight is 413 g/mol. The summed E-state index contributed by atoms with van der Waals surface area (Å²) < 4.78 is 27.3. The Hall–Kier alpha value is -0.670. The molecule has 3 N–H and O–H groups in total. The van der Waals surface area contributed by atoms with Crippen molar-refractivity contribution in [2.75, 3.05) is 20.1 Å². The molecule has 1 aromatic carbocycles. The molecule has 0 radical (unpaired) electrons. The predicted octanol–water partition coefficient (Wildman–Crippen LogP) is 1.34. The van der Waals surface area contributed by atoms with Crippen LogP contribution in [0, 0.1) is 0 Å². The van der Waals surface area contributed by atoms with Crippen molar-refractivity contribution in [2.45, 2.75) is 23.8 Å². The molecule has 6 nitrogen and oxygen atoms in total. The zero-order chi connectivity index (χ0) is 15.6. The standard InChI is InChI=1S/C13H18BrN3O3S.ClH/c1-17(11-2-4-16-5-3-11)21(19,20)12-7-9(13(15)18)6-10(14)8-12;/h6-8,11,16H,2-5H2,1H3,(H2,15,18);1H. The highest BCUT2D eigenvalue weighted by atomic mass is 79.9. The highest BCUT2D eigenvalue weighted by molar-refractivity contribution is 9.10. The summed E-state index contributed by atoms with van der Waals surface area (Å²) in [6.45, 7) is 1.60. The highest BCUT2D eigenvalue weighted by Gasteiger charge is 2.29. The lowest BCUT2D eigenvalue weighted by molar-refractivity contribution is 0.1000. The first-order valence-corrected chi connectivity index (χ1v) is 8.85. The van der Waals surface area contributed by atoms with Gasteiger partial charge >= 0.3 is 0 Å². The maximum absolute atomic E-state index is 12.7. The third-order valence-electron chi connectivity index (χ3n) is 3.66. The molecule has 0 bridgehead atoms. The van der Waals surface area contributed by atoms with E-state index in [-0.39, 0.29) is 28.9 Å². The zero-order valence-corrected chi connectivity index (χ0v) is 15.3. The van der Waals surface area contributed by atoms with Gasteiger partial charge in [-0.15, -0.1) is 12.4 Å². The second-order valence-electron chi connectivity index (χ2n) is 5.04. The van der Waals surface area contributed by atoms with E-state index in [0.29, 0.717) is 4.47 Å². The predicted molar refractivity (Wildman–Crippen MR) is 90.7 cm³/mol. The molecular formula is C13H19BrClN3O3S. The molecule has 0 saturated carbocycles. The van der Waals surface area contributed by atoms with Crippen molar-refractivity contribution in [1.29, 1.82) is 0 Å². The fourth-order valence-corrected chi connectivity index (χ4v) is 4.52. The van der Waals surface area contributed by atoms with Crippen molar-refractivity contribution in [3.8, 4) is 0 Å². The Morgan fingerprint density at radius 3 is 2.45 bits per heavy atom. The lowest BCUT2D eigenvalue weighted by Gasteiger charge is -2.30. The van der Waals surface area contributed by atoms with E-state index in [0.717, 1.165) is 25.9 Å². The summed E-state index contributed by atoms with van der Waals surface area (Å²) >= 11 is 3.22. The van der Waals surface area contributed by atoms with Gasteiger partial charge in [0.15, 0.2) is 0 Å². The van der Waals surface area contributed by atoms with E-state index in [2.05, 4.69) is 21.2 Å². The van der Waals surface area contributed by atoms with Crippen LogP contribution in [0.5, 0.6) is 0 Å². The van der Waals surface area contributed by atoms with Crippen LogP contribution in [-0.4, -0.2) is 44.8 Å². The summed E-state index contributed by atoms with van der Waals surface area (Å²) in [7, 11) is -2.07. The second kappa shape index (κ2) is 7.74. The van der Waals surface area contributed by atoms with Gasteiger partial charge in [0.2, 0.25) is 15.9 Å². The summed E-state index contributed by atoms with van der Waals surface area (Å²) in [6.07, 6.45) is 1.54. The molecule has 1 aromatic rings. The van der Waals surface area contributed by atoms with E-state index >= 15 is 0 Å². The third kappa shape index (κ3) is 4.20. The molecule has 9 heteroatoms. The number of primary amides is 1. The molecule has 0 unspecified atom stereocenters. The molecular weight excluding hydrogens is 394 g/mol. The van der Waals surface area contributed by atoms with Crippen LogP contribution in [0.1, 0.15) is 23.2 Å². The highest BCUT2D eigenvalue weighted by Crippen LogP contribution is 2.24. The number of halogens is 2. The number of nitrogens with zero attached hydrogens (tertiary/aromatic N) is 1. The summed E-state index contributed by atoms with van der Waals surface area (Å²) in [5, 5.41) is 3.20. The summed E-state index contributed by atoms with van der Waals surface area (Å²) in [5.74, 6) is -0.655. The lowest BCUT2D eigenvalue weighted by Crippen LogP contribution is -2.43. The molecule has 0 aromatic heterocycles. The van der Waals surface area contributed by atoms with Crippen LogP contribution in [-0.2, 0) is 10.0 Å². The van der Waals surface area contributed by atoms with Crippen LogP contribution in [0.3, 0.4) is 0 Å². The number of hydrogen-bond donors (Lipinski definition) is 2. The van der Waals surface area contributed by atoms with Crippen LogP contribution in [0.2, 0.25) is 0 Å². The summed E-state index contributed by atoms with van der Waals surface area (Å²) in [6, 6.07) is 4.28. The van der Waals surface area contributed by atoms with Crippen molar-refractivity contribution in [3.63, 3.8) is 0 Å². The van der Waals surface area contributed by atoms with E-state index in [1.165, 1.54) is 22.5 Å². The smallest absolute Gasteiger partial charge is 0.248 e. The molecule has 1 saturated heterocycles. The summed E-state index contributed by atoms with van der Waals surface area (Å²) in [5.41, 5.74) is 5.41. The topological polar surface area (TPSA) is 92.5 Å². The Bertz CT molecular complexity index is 648. The van der Waals surface area contributed by atoms with Gasteiger partial charge in [-0.3, -0.25) is 4.79 Å². The van der Waals surface area contributed by atoms with Gasteiger partial charge in [-0.2, -0.15) is 4.31 Å². The van der Waals surface area contributed by atoms with Gasteiger partial charge in [0.1, 0.15) is 0 Å². The molecule has 1 aliphatic heterocycles. The monoisotopic (exact) mass is 411 g/mol. The van der Waals surface area contributed by atoms with Crippen LogP contribution < -0.4 is 11.1 Å². The minimum absolute atomic E-state index is 0. The number of rotatable bonds is 4. The van der Waals surface area contributed by atoms with Crippen molar-refractivity contribution in [3.05, 3.63) is 28.2 Å². The van der Waals surface area contributed by atoms with Crippen molar-refractivity contribution in [2.24, 2.45) is 5.73 Å². The van der Waals surface area contributed by atoms with E-state index < -0.39 is 15.9 Å². The molecule has 22 heavy (non-hydrogen) atoms. The molecule has 0 aliphatic carbocycles. The van der Waals surface area contributed by atoms with Crippen LogP contribution in [0.25, 0.3) is 0 Å². The van der Waals surface area contributed by atoms with Crippen molar-refractivity contribution < 1.29 is 13.2 Å². The van der Waals surface area contributed by atoms with Crippen LogP contribution in [0.15, 0.2) is 27.6 Å². The van der Waals surface area contributed by atoms with Crippen LogP contribution >= 0.6 is 28.3 Å². The van der Waals surface area contributed by atoms with Crippen molar-refractivity contribution in [1.82, 2.24) is 9.62 Å². The van der Waals surface area contributed by atoms with E-state index in [9.17, 15) is 13.2 Å². The second-order valence-corrected chi connectivity index (χ2v) is 7.96. The molecule has 1 heterocycles. The minimum atomic E-state index is -3.65. The lowest BCUT2D eigenvalue weighted by atomic mass is 10.1. The Balaban J connectivity index is 0.00000242. The number of benzene rings is 1. The zero-order valence-electron chi connectivity index (χ0n) is 12.1. The number of nitrogens with one attached hydrogen (secondary N) is 1. The Morgan fingerprint density at radius 2 is 1.91 bits per heavy atom. The van der Waals surface area contributed by atoms with Gasteiger partial charge in [0, 0.05) is 23.1 Å². The Morgan fingerprint density at radius 1 is 1.32 bits per heavy atom. The quantitative estimate of drug-likeness (QED) is 0.780. The number of sulfonamides is 1. The average Bonchev–Trinajstić information content (AvgIpc) is 2.46. The first kappa shape index (κ1) is 19.4. The number of amides is 1. The van der Waals surface area contributed by atoms with E-state index in [4.69, 9.17) is 5.73 Å². The third-order valence-corrected chi connectivity index (χ3v) is 6.00. The van der Waals surface area contributed by atoms with Gasteiger partial charge in [0.05, 0.1) is 4.90 Å². The normalized spacial score (nSPS) is 16.3. The van der Waals surface area contributed by atoms with E-state index in [1.807, 2.05) is 0 Å². The molecule has 1 fully saturated rings. The van der Waals surface area contributed by atoms with Crippen molar-refractivity contribution >= 4 is 44.3 Å². The fourth-order valence-electron chi connectivity index (χ4n) is 2.39. The largest absolute Gasteiger partial charge is 0.366 e. The first-order valence-electron chi connectivity index (χ1n) is 6.61. The number of piperidine rings is 1. The minimum Gasteiger partial charge on any atom is -0.366 e. The SMILES string of the molecule is CN(C1CCNCC1)S(=O)(=O)c1cc(Br)cc(C(N)=O)c1.Cl. The van der Waals surface area contributed by atoms with Gasteiger partial charge in [-0.25, -0.2) is 8.42 Å². The number of carbonyl (C=O) groups is 1. The molecule has 124 valence electrons. The van der Waals surface area contributed by atoms with Gasteiger partial charge in [0.25, 0.3) is 0 Å². The van der Waals surface area contributed by atoms with Gasteiger partial charge in [-0.05, 0) is 44.1 Å². The molecule has 0 atom stereocenters. The number of hydrogen-bond acceptors (Lipinski definition) is 4. The molecule has 2 rings (SSSR count). The maximum Gasteiger partial charge on any atom is 0.248 e. The maximum atomic E-state index is 12.7. The Kier molecular flexibility index (Phi) is 6.82. The van der Waals surface area contributed by atoms with Gasteiger partial charge < -0.3 is 11.1 Å². The first-order chi connectivity index (χ1) is 9.82.